The van der Waals surface area contributed by atoms with Crippen molar-refractivity contribution in [1.29, 1.82) is 0 Å². The summed E-state index contributed by atoms with van der Waals surface area (Å²) in [6.45, 7) is 3.71. The van der Waals surface area contributed by atoms with Crippen molar-refractivity contribution in [1.82, 2.24) is 9.55 Å². The zero-order valence-electron chi connectivity index (χ0n) is 17.3. The topological polar surface area (TPSA) is 86.1 Å². The summed E-state index contributed by atoms with van der Waals surface area (Å²) in [5, 5.41) is 0.527. The summed E-state index contributed by atoms with van der Waals surface area (Å²) in [6, 6.07) is 15.3. The number of carbonyl (C=O) groups excluding carboxylic acids is 1. The molecule has 0 aliphatic carbocycles. The second kappa shape index (κ2) is 8.61. The van der Waals surface area contributed by atoms with Crippen LogP contribution in [0.2, 0.25) is 4.34 Å². The van der Waals surface area contributed by atoms with Crippen molar-refractivity contribution in [3.05, 3.63) is 86.2 Å². The Morgan fingerprint density at radius 3 is 2.44 bits per heavy atom. The highest BCUT2D eigenvalue weighted by atomic mass is 35.5. The standard InChI is InChI=1S/C23H19ClN2O4S2/c1-14-3-8-19-20(11-14)25-15(2)26(23(19)28)17-6-4-16(5-7-17)12-18(27)13-32(29,30)22-10-9-21(24)31-22/h3-11H,12-13H2,1-2H3. The van der Waals surface area contributed by atoms with Gasteiger partial charge in [0, 0.05) is 6.42 Å². The molecule has 9 heteroatoms. The predicted molar refractivity (Wildman–Crippen MR) is 127 cm³/mol. The molecule has 0 radical (unpaired) electrons. The Balaban J connectivity index is 1.55. The quantitative estimate of drug-likeness (QED) is 0.405. The van der Waals surface area contributed by atoms with E-state index in [9.17, 15) is 18.0 Å². The molecule has 0 atom stereocenters. The fourth-order valence-corrected chi connectivity index (χ4v) is 6.31. The summed E-state index contributed by atoms with van der Waals surface area (Å²) in [5.41, 5.74) is 2.80. The Morgan fingerprint density at radius 2 is 1.78 bits per heavy atom. The first-order valence-corrected chi connectivity index (χ1v) is 12.6. The fourth-order valence-electron chi connectivity index (χ4n) is 3.50. The Hall–Kier alpha value is -2.81. The maximum absolute atomic E-state index is 13.0. The van der Waals surface area contributed by atoms with Crippen molar-refractivity contribution in [3.8, 4) is 5.69 Å². The van der Waals surface area contributed by atoms with E-state index in [2.05, 4.69) is 4.98 Å². The Bertz CT molecular complexity index is 1500. The molecule has 0 aliphatic heterocycles. The summed E-state index contributed by atoms with van der Waals surface area (Å²) >= 11 is 6.73. The molecule has 6 nitrogen and oxygen atoms in total. The fraction of sp³-hybridized carbons (Fsp3) is 0.174. The molecule has 0 N–H and O–H groups in total. The zero-order chi connectivity index (χ0) is 23.0. The van der Waals surface area contributed by atoms with E-state index in [1.807, 2.05) is 19.1 Å². The summed E-state index contributed by atoms with van der Waals surface area (Å²) in [6.07, 6.45) is -0.0260. The monoisotopic (exact) mass is 486 g/mol. The van der Waals surface area contributed by atoms with Gasteiger partial charge in [-0.25, -0.2) is 13.4 Å². The highest BCUT2D eigenvalue weighted by molar-refractivity contribution is 7.94. The number of halogens is 1. The van der Waals surface area contributed by atoms with Crippen molar-refractivity contribution >= 4 is 49.5 Å². The van der Waals surface area contributed by atoms with Gasteiger partial charge in [-0.3, -0.25) is 14.2 Å². The number of sulfone groups is 1. The SMILES string of the molecule is Cc1ccc2c(=O)n(-c3ccc(CC(=O)CS(=O)(=O)c4ccc(Cl)s4)cc3)c(C)nc2c1. The number of hydrogen-bond acceptors (Lipinski definition) is 6. The van der Waals surface area contributed by atoms with Crippen LogP contribution < -0.4 is 5.56 Å². The first-order chi connectivity index (χ1) is 15.1. The zero-order valence-corrected chi connectivity index (χ0v) is 19.7. The highest BCUT2D eigenvalue weighted by Crippen LogP contribution is 2.26. The van der Waals surface area contributed by atoms with E-state index in [0.29, 0.717) is 32.3 Å². The maximum Gasteiger partial charge on any atom is 0.265 e. The Kier molecular flexibility index (Phi) is 6.03. The van der Waals surface area contributed by atoms with Gasteiger partial charge in [-0.05, 0) is 61.4 Å². The molecule has 2 heterocycles. The molecule has 0 saturated carbocycles. The molecule has 0 spiro atoms. The molecule has 0 amide bonds. The van der Waals surface area contributed by atoms with Crippen LogP contribution >= 0.6 is 22.9 Å². The smallest absolute Gasteiger partial charge is 0.265 e. The first-order valence-electron chi connectivity index (χ1n) is 9.73. The molecule has 2 aromatic heterocycles. The predicted octanol–water partition coefficient (Wildman–Crippen LogP) is 4.30. The minimum Gasteiger partial charge on any atom is -0.298 e. The van der Waals surface area contributed by atoms with Crippen molar-refractivity contribution in [2.45, 2.75) is 24.5 Å². The van der Waals surface area contributed by atoms with Crippen LogP contribution in [-0.2, 0) is 21.1 Å². The average molecular weight is 487 g/mol. The number of hydrogen-bond donors (Lipinski definition) is 0. The number of fused-ring (bicyclic) bond motifs is 1. The third-order valence-corrected chi connectivity index (χ3v) is 8.48. The minimum atomic E-state index is -3.71. The summed E-state index contributed by atoms with van der Waals surface area (Å²) < 4.78 is 26.7. The van der Waals surface area contributed by atoms with Crippen molar-refractivity contribution in [2.24, 2.45) is 0 Å². The third kappa shape index (κ3) is 4.53. The number of Topliss-reactive ketones (excluding diaryl/α,β-unsaturated/α-hetero) is 1. The molecule has 164 valence electrons. The van der Waals surface area contributed by atoms with Gasteiger partial charge in [0.1, 0.15) is 15.8 Å². The lowest BCUT2D eigenvalue weighted by molar-refractivity contribution is -0.116. The van der Waals surface area contributed by atoms with Gasteiger partial charge < -0.3 is 0 Å². The molecule has 4 aromatic rings. The van der Waals surface area contributed by atoms with Crippen LogP contribution in [0.3, 0.4) is 0 Å². The summed E-state index contributed by atoms with van der Waals surface area (Å²) in [4.78, 5) is 29.9. The van der Waals surface area contributed by atoms with Crippen molar-refractivity contribution in [3.63, 3.8) is 0 Å². The normalized spacial score (nSPS) is 11.7. The van der Waals surface area contributed by atoms with Gasteiger partial charge in [0.2, 0.25) is 0 Å². The van der Waals surface area contributed by atoms with Crippen molar-refractivity contribution in [2.75, 3.05) is 5.75 Å². The molecule has 32 heavy (non-hydrogen) atoms. The number of nitrogens with zero attached hydrogens (tertiary/aromatic N) is 2. The Morgan fingerprint density at radius 1 is 1.06 bits per heavy atom. The first kappa shape index (κ1) is 22.4. The molecule has 0 aliphatic rings. The largest absolute Gasteiger partial charge is 0.298 e. The molecular formula is C23H19ClN2O4S2. The lowest BCUT2D eigenvalue weighted by atomic mass is 10.1. The third-order valence-electron chi connectivity index (χ3n) is 4.99. The molecule has 0 fully saturated rings. The van der Waals surface area contributed by atoms with E-state index >= 15 is 0 Å². The molecule has 0 saturated heterocycles. The van der Waals surface area contributed by atoms with E-state index in [0.717, 1.165) is 16.9 Å². The van der Waals surface area contributed by atoms with Gasteiger partial charge in [0.15, 0.2) is 15.6 Å². The molecule has 2 aromatic carbocycles. The van der Waals surface area contributed by atoms with Crippen LogP contribution in [0.25, 0.3) is 16.6 Å². The van der Waals surface area contributed by atoms with Gasteiger partial charge in [0.25, 0.3) is 5.56 Å². The number of thiophene rings is 1. The van der Waals surface area contributed by atoms with Gasteiger partial charge in [-0.15, -0.1) is 11.3 Å². The van der Waals surface area contributed by atoms with Gasteiger partial charge in [0.05, 0.1) is 20.9 Å². The number of ketones is 1. The van der Waals surface area contributed by atoms with E-state index in [1.54, 1.807) is 37.3 Å². The Labute approximate surface area is 194 Å². The van der Waals surface area contributed by atoms with E-state index in [-0.39, 0.29) is 16.2 Å². The number of aryl methyl sites for hydroxylation is 2. The van der Waals surface area contributed by atoms with E-state index in [1.165, 1.54) is 16.7 Å². The van der Waals surface area contributed by atoms with Gasteiger partial charge in [-0.2, -0.15) is 0 Å². The lowest BCUT2D eigenvalue weighted by Gasteiger charge is -2.12. The number of aromatic nitrogens is 2. The van der Waals surface area contributed by atoms with Crippen LogP contribution in [0.15, 0.2) is 63.6 Å². The summed E-state index contributed by atoms with van der Waals surface area (Å²) in [7, 11) is -3.71. The minimum absolute atomic E-state index is 0.0260. The maximum atomic E-state index is 13.0. The number of rotatable bonds is 6. The van der Waals surface area contributed by atoms with Gasteiger partial charge >= 0.3 is 0 Å². The number of carbonyl (C=O) groups is 1. The second-order valence-electron chi connectivity index (χ2n) is 7.52. The molecule has 0 bridgehead atoms. The van der Waals surface area contributed by atoms with E-state index < -0.39 is 21.4 Å². The molecular weight excluding hydrogens is 468 g/mol. The number of benzene rings is 2. The van der Waals surface area contributed by atoms with Gasteiger partial charge in [-0.1, -0.05) is 29.8 Å². The van der Waals surface area contributed by atoms with Crippen molar-refractivity contribution < 1.29 is 13.2 Å². The van der Waals surface area contributed by atoms with Crippen LogP contribution in [0.1, 0.15) is 17.0 Å². The lowest BCUT2D eigenvalue weighted by Crippen LogP contribution is -2.22. The van der Waals surface area contributed by atoms with Crippen LogP contribution in [0.5, 0.6) is 0 Å². The highest BCUT2D eigenvalue weighted by Gasteiger charge is 2.21. The second-order valence-corrected chi connectivity index (χ2v) is 11.5. The average Bonchev–Trinajstić information content (AvgIpc) is 3.16. The van der Waals surface area contributed by atoms with E-state index in [4.69, 9.17) is 11.6 Å². The van der Waals surface area contributed by atoms with Crippen LogP contribution in [0.4, 0.5) is 0 Å². The molecule has 0 unspecified atom stereocenters. The summed E-state index contributed by atoms with van der Waals surface area (Å²) in [5.74, 6) is -0.450. The molecule has 4 rings (SSSR count). The van der Waals surface area contributed by atoms with Crippen LogP contribution in [0, 0.1) is 13.8 Å². The van der Waals surface area contributed by atoms with Crippen LogP contribution in [-0.4, -0.2) is 29.5 Å².